The molecule has 0 bridgehead atoms. The van der Waals surface area contributed by atoms with Crippen LogP contribution in [0, 0.1) is 0 Å². The first kappa shape index (κ1) is 10.5. The summed E-state index contributed by atoms with van der Waals surface area (Å²) < 4.78 is 6.47. The van der Waals surface area contributed by atoms with Crippen molar-refractivity contribution in [1.82, 2.24) is 4.98 Å². The Bertz CT molecular complexity index is 491. The van der Waals surface area contributed by atoms with E-state index in [2.05, 4.69) is 52.2 Å². The molecule has 3 nitrogen and oxygen atoms in total. The van der Waals surface area contributed by atoms with Crippen LogP contribution in [0.25, 0.3) is 11.1 Å². The summed E-state index contributed by atoms with van der Waals surface area (Å²) >= 11 is 3.50. The van der Waals surface area contributed by atoms with Crippen LogP contribution in [0.5, 0.6) is 0 Å². The molecule has 15 heavy (non-hydrogen) atoms. The highest BCUT2D eigenvalue weighted by Crippen LogP contribution is 2.30. The quantitative estimate of drug-likeness (QED) is 0.902. The number of fused-ring (bicyclic) bond motifs is 1. The topological polar surface area (TPSA) is 38.1 Å². The van der Waals surface area contributed by atoms with Gasteiger partial charge in [-0.15, -0.1) is 0 Å². The molecule has 1 aromatic heterocycles. The van der Waals surface area contributed by atoms with E-state index in [0.29, 0.717) is 11.9 Å². The van der Waals surface area contributed by atoms with Gasteiger partial charge in [-0.3, -0.25) is 0 Å². The minimum atomic E-state index is 0.487. The van der Waals surface area contributed by atoms with E-state index in [4.69, 9.17) is 4.42 Å². The molecule has 0 fully saturated rings. The van der Waals surface area contributed by atoms with Crippen LogP contribution in [-0.4, -0.2) is 12.0 Å². The van der Waals surface area contributed by atoms with E-state index in [-0.39, 0.29) is 0 Å². The lowest BCUT2D eigenvalue weighted by atomic mass is 10.0. The Morgan fingerprint density at radius 3 is 2.73 bits per heavy atom. The number of rotatable bonds is 2. The molecule has 80 valence electrons. The Labute approximate surface area is 97.0 Å². The third kappa shape index (κ3) is 1.86. The Hall–Kier alpha value is -1.03. The largest absolute Gasteiger partial charge is 0.422 e. The molecule has 0 saturated heterocycles. The average molecular weight is 269 g/mol. The Morgan fingerprint density at radius 1 is 1.40 bits per heavy atom. The number of benzene rings is 1. The van der Waals surface area contributed by atoms with Gasteiger partial charge in [-0.25, -0.2) is 0 Å². The molecule has 0 aliphatic rings. The second-order valence-corrected chi connectivity index (χ2v) is 4.63. The van der Waals surface area contributed by atoms with E-state index in [0.717, 1.165) is 15.6 Å². The van der Waals surface area contributed by atoms with Gasteiger partial charge in [-0.2, -0.15) is 4.98 Å². The number of hydrogen-bond acceptors (Lipinski definition) is 3. The molecule has 2 rings (SSSR count). The lowest BCUT2D eigenvalue weighted by molar-refractivity contribution is 0.618. The van der Waals surface area contributed by atoms with E-state index >= 15 is 0 Å². The molecule has 0 amide bonds. The van der Waals surface area contributed by atoms with Crippen molar-refractivity contribution in [2.45, 2.75) is 19.8 Å². The minimum absolute atomic E-state index is 0.487. The average Bonchev–Trinajstić information content (AvgIpc) is 2.61. The first-order valence-corrected chi connectivity index (χ1v) is 5.69. The second-order valence-electron chi connectivity index (χ2n) is 3.77. The SMILES string of the molecule is CNc1nc2cc(C(C)C)cc(Br)c2o1. The highest BCUT2D eigenvalue weighted by atomic mass is 79.9. The number of nitrogens with zero attached hydrogens (tertiary/aromatic N) is 1. The zero-order chi connectivity index (χ0) is 11.0. The smallest absolute Gasteiger partial charge is 0.295 e. The first-order valence-electron chi connectivity index (χ1n) is 4.89. The molecule has 1 N–H and O–H groups in total. The maximum atomic E-state index is 5.51. The summed E-state index contributed by atoms with van der Waals surface area (Å²) in [5.74, 6) is 0.487. The van der Waals surface area contributed by atoms with Crippen molar-refractivity contribution in [2.75, 3.05) is 12.4 Å². The van der Waals surface area contributed by atoms with Crippen molar-refractivity contribution in [3.63, 3.8) is 0 Å². The summed E-state index contributed by atoms with van der Waals surface area (Å²) in [5.41, 5.74) is 2.94. The predicted octanol–water partition coefficient (Wildman–Crippen LogP) is 3.76. The maximum absolute atomic E-state index is 5.51. The highest BCUT2D eigenvalue weighted by molar-refractivity contribution is 9.10. The molecule has 0 aliphatic carbocycles. The van der Waals surface area contributed by atoms with Gasteiger partial charge in [0.15, 0.2) is 5.58 Å². The van der Waals surface area contributed by atoms with Crippen LogP contribution < -0.4 is 5.32 Å². The van der Waals surface area contributed by atoms with Gasteiger partial charge < -0.3 is 9.73 Å². The maximum Gasteiger partial charge on any atom is 0.295 e. The lowest BCUT2D eigenvalue weighted by Crippen LogP contribution is -1.87. The van der Waals surface area contributed by atoms with Crippen molar-refractivity contribution in [2.24, 2.45) is 0 Å². The molecule has 1 aromatic carbocycles. The van der Waals surface area contributed by atoms with Crippen molar-refractivity contribution in [1.29, 1.82) is 0 Å². The number of nitrogens with one attached hydrogen (secondary N) is 1. The molecule has 4 heteroatoms. The summed E-state index contributed by atoms with van der Waals surface area (Å²) in [7, 11) is 1.79. The van der Waals surface area contributed by atoms with Crippen LogP contribution in [0.15, 0.2) is 21.0 Å². The number of hydrogen-bond donors (Lipinski definition) is 1. The predicted molar refractivity (Wildman–Crippen MR) is 65.3 cm³/mol. The number of halogens is 1. The molecule has 0 atom stereocenters. The van der Waals surface area contributed by atoms with Crippen molar-refractivity contribution < 1.29 is 4.42 Å². The van der Waals surface area contributed by atoms with Gasteiger partial charge in [0.2, 0.25) is 0 Å². The third-order valence-corrected chi connectivity index (χ3v) is 2.94. The molecular formula is C11H13BrN2O. The minimum Gasteiger partial charge on any atom is -0.422 e. The van der Waals surface area contributed by atoms with Crippen molar-refractivity contribution in [3.05, 3.63) is 22.2 Å². The van der Waals surface area contributed by atoms with E-state index in [1.165, 1.54) is 5.56 Å². The molecular weight excluding hydrogens is 256 g/mol. The molecule has 0 radical (unpaired) electrons. The van der Waals surface area contributed by atoms with E-state index < -0.39 is 0 Å². The summed E-state index contributed by atoms with van der Waals surface area (Å²) in [6.45, 7) is 4.32. The highest BCUT2D eigenvalue weighted by Gasteiger charge is 2.11. The van der Waals surface area contributed by atoms with Crippen molar-refractivity contribution >= 4 is 33.0 Å². The zero-order valence-electron chi connectivity index (χ0n) is 8.97. The molecule has 0 aliphatic heterocycles. The van der Waals surface area contributed by atoms with Gasteiger partial charge in [0, 0.05) is 7.05 Å². The van der Waals surface area contributed by atoms with Crippen LogP contribution in [0.2, 0.25) is 0 Å². The van der Waals surface area contributed by atoms with Crippen LogP contribution in [0.4, 0.5) is 6.01 Å². The van der Waals surface area contributed by atoms with E-state index in [1.807, 2.05) is 0 Å². The van der Waals surface area contributed by atoms with Crippen LogP contribution in [-0.2, 0) is 0 Å². The van der Waals surface area contributed by atoms with Gasteiger partial charge in [-0.05, 0) is 39.5 Å². The fourth-order valence-electron chi connectivity index (χ4n) is 1.45. The lowest BCUT2D eigenvalue weighted by Gasteiger charge is -2.04. The van der Waals surface area contributed by atoms with Gasteiger partial charge in [0.05, 0.1) is 4.47 Å². The van der Waals surface area contributed by atoms with Crippen LogP contribution >= 0.6 is 15.9 Å². The second kappa shape index (κ2) is 3.85. The third-order valence-electron chi connectivity index (χ3n) is 2.35. The molecule has 0 saturated carbocycles. The molecule has 2 aromatic rings. The number of anilines is 1. The summed E-state index contributed by atoms with van der Waals surface area (Å²) in [6.07, 6.45) is 0. The number of oxazole rings is 1. The zero-order valence-corrected chi connectivity index (χ0v) is 10.6. The molecule has 0 spiro atoms. The summed E-state index contributed by atoms with van der Waals surface area (Å²) in [5, 5.41) is 2.89. The van der Waals surface area contributed by atoms with Gasteiger partial charge in [-0.1, -0.05) is 13.8 Å². The first-order chi connectivity index (χ1) is 7.11. The fraction of sp³-hybridized carbons (Fsp3) is 0.364. The molecule has 1 heterocycles. The molecule has 0 unspecified atom stereocenters. The van der Waals surface area contributed by atoms with Gasteiger partial charge in [0.25, 0.3) is 6.01 Å². The van der Waals surface area contributed by atoms with E-state index in [9.17, 15) is 0 Å². The summed E-state index contributed by atoms with van der Waals surface area (Å²) in [4.78, 5) is 4.33. The Balaban J connectivity index is 2.65. The van der Waals surface area contributed by atoms with Crippen molar-refractivity contribution in [3.8, 4) is 0 Å². The van der Waals surface area contributed by atoms with Gasteiger partial charge in [0.1, 0.15) is 5.52 Å². The normalized spacial score (nSPS) is 11.3. The fourth-order valence-corrected chi connectivity index (χ4v) is 2.00. The Morgan fingerprint density at radius 2 is 2.13 bits per heavy atom. The summed E-state index contributed by atoms with van der Waals surface area (Å²) in [6, 6.07) is 4.69. The van der Waals surface area contributed by atoms with E-state index in [1.54, 1.807) is 7.05 Å². The van der Waals surface area contributed by atoms with Gasteiger partial charge >= 0.3 is 0 Å². The standard InChI is InChI=1S/C11H13BrN2O/c1-6(2)7-4-8(12)10-9(5-7)14-11(13-3)15-10/h4-6H,1-3H3,(H,13,14). The number of aromatic nitrogens is 1. The monoisotopic (exact) mass is 268 g/mol. The van der Waals surface area contributed by atoms with Crippen LogP contribution in [0.3, 0.4) is 0 Å². The Kier molecular flexibility index (Phi) is 2.69. The van der Waals surface area contributed by atoms with Crippen LogP contribution in [0.1, 0.15) is 25.3 Å².